The summed E-state index contributed by atoms with van der Waals surface area (Å²) in [6.07, 6.45) is 5.28. The fourth-order valence-corrected chi connectivity index (χ4v) is 6.16. The maximum atomic E-state index is 13.9. The number of aromatic nitrogens is 2. The number of aliphatic carboxylic acids is 1. The van der Waals surface area contributed by atoms with Crippen LogP contribution in [-0.4, -0.2) is 86.9 Å². The molecule has 0 spiro atoms. The van der Waals surface area contributed by atoms with E-state index in [1.807, 2.05) is 48.5 Å². The minimum Gasteiger partial charge on any atom is -0.480 e. The van der Waals surface area contributed by atoms with Gasteiger partial charge < -0.3 is 47.8 Å². The van der Waals surface area contributed by atoms with Crippen LogP contribution in [-0.2, 0) is 32.0 Å². The van der Waals surface area contributed by atoms with E-state index in [-0.39, 0.29) is 38.3 Å². The molecule has 14 heteroatoms. The first-order valence-corrected chi connectivity index (χ1v) is 15.7. The van der Waals surface area contributed by atoms with E-state index in [9.17, 15) is 24.3 Å². The second kappa shape index (κ2) is 14.8. The largest absolute Gasteiger partial charge is 0.480 e. The summed E-state index contributed by atoms with van der Waals surface area (Å²) in [6, 6.07) is 11.1. The number of guanidine groups is 1. The van der Waals surface area contributed by atoms with Crippen LogP contribution in [0.2, 0.25) is 0 Å². The molecule has 2 aromatic heterocycles. The van der Waals surface area contributed by atoms with Crippen LogP contribution in [0.1, 0.15) is 36.8 Å². The quantitative estimate of drug-likeness (QED) is 0.0556. The van der Waals surface area contributed by atoms with Gasteiger partial charge in [0.05, 0.1) is 6.04 Å². The zero-order valence-corrected chi connectivity index (χ0v) is 25.9. The summed E-state index contributed by atoms with van der Waals surface area (Å²) >= 11 is 0. The Morgan fingerprint density at radius 3 is 2.11 bits per heavy atom. The summed E-state index contributed by atoms with van der Waals surface area (Å²) in [4.78, 5) is 64.8. The summed E-state index contributed by atoms with van der Waals surface area (Å²) < 4.78 is 0. The molecule has 47 heavy (non-hydrogen) atoms. The number of carbonyl (C=O) groups is 4. The minimum absolute atomic E-state index is 0.0984. The number of amides is 3. The minimum atomic E-state index is -1.10. The molecule has 0 radical (unpaired) electrons. The van der Waals surface area contributed by atoms with Crippen LogP contribution in [0.25, 0.3) is 21.8 Å². The van der Waals surface area contributed by atoms with Gasteiger partial charge in [-0.15, -0.1) is 0 Å². The second-order valence-corrected chi connectivity index (χ2v) is 11.8. The molecular formula is C33H41N9O5. The Morgan fingerprint density at radius 2 is 1.49 bits per heavy atom. The lowest BCUT2D eigenvalue weighted by molar-refractivity contribution is -0.149. The van der Waals surface area contributed by atoms with Gasteiger partial charge >= 0.3 is 5.97 Å². The number of carboxylic acids is 1. The predicted molar refractivity (Wildman–Crippen MR) is 178 cm³/mol. The highest BCUT2D eigenvalue weighted by Gasteiger charge is 2.38. The molecule has 3 amide bonds. The maximum Gasteiger partial charge on any atom is 0.326 e. The van der Waals surface area contributed by atoms with Crippen molar-refractivity contribution < 1.29 is 24.3 Å². The van der Waals surface area contributed by atoms with Crippen molar-refractivity contribution >= 4 is 51.5 Å². The van der Waals surface area contributed by atoms with E-state index in [0.29, 0.717) is 19.3 Å². The molecule has 1 fully saturated rings. The van der Waals surface area contributed by atoms with Gasteiger partial charge in [-0.3, -0.25) is 19.4 Å². The molecule has 0 bridgehead atoms. The van der Waals surface area contributed by atoms with E-state index in [0.717, 1.165) is 32.9 Å². The smallest absolute Gasteiger partial charge is 0.326 e. The molecule has 3 heterocycles. The van der Waals surface area contributed by atoms with Crippen LogP contribution >= 0.6 is 0 Å². The zero-order chi connectivity index (χ0) is 33.5. The lowest BCUT2D eigenvalue weighted by atomic mass is 10.0. The Labute approximate surface area is 271 Å². The summed E-state index contributed by atoms with van der Waals surface area (Å²) in [5, 5.41) is 17.2. The van der Waals surface area contributed by atoms with Crippen LogP contribution in [0.4, 0.5) is 0 Å². The normalized spacial score (nSPS) is 16.4. The third kappa shape index (κ3) is 7.90. The number of benzene rings is 2. The Bertz CT molecular complexity index is 1780. The van der Waals surface area contributed by atoms with Crippen molar-refractivity contribution in [2.75, 3.05) is 13.1 Å². The van der Waals surface area contributed by atoms with E-state index in [1.54, 1.807) is 12.4 Å². The van der Waals surface area contributed by atoms with Gasteiger partial charge in [0.15, 0.2) is 5.96 Å². The van der Waals surface area contributed by atoms with E-state index in [1.165, 1.54) is 4.90 Å². The molecule has 1 aliphatic rings. The number of hydrogen-bond donors (Lipinski definition) is 8. The highest BCUT2D eigenvalue weighted by atomic mass is 16.4. The predicted octanol–water partition coefficient (Wildman–Crippen LogP) is 0.861. The van der Waals surface area contributed by atoms with E-state index in [4.69, 9.17) is 17.2 Å². The summed E-state index contributed by atoms with van der Waals surface area (Å²) in [6.45, 7) is 0.479. The maximum absolute atomic E-state index is 13.9. The molecule has 0 aliphatic carbocycles. The molecular weight excluding hydrogens is 602 g/mol. The van der Waals surface area contributed by atoms with Gasteiger partial charge in [0.1, 0.15) is 18.1 Å². The van der Waals surface area contributed by atoms with Gasteiger partial charge in [-0.2, -0.15) is 0 Å². The van der Waals surface area contributed by atoms with Gasteiger partial charge in [-0.05, 0) is 55.4 Å². The number of nitrogens with two attached hydrogens (primary N) is 3. The highest BCUT2D eigenvalue weighted by Crippen LogP contribution is 2.23. The van der Waals surface area contributed by atoms with Crippen molar-refractivity contribution in [1.82, 2.24) is 25.5 Å². The number of nitrogens with zero attached hydrogens (tertiary/aromatic N) is 2. The number of fused-ring (bicyclic) bond motifs is 2. The van der Waals surface area contributed by atoms with Gasteiger partial charge in [0.2, 0.25) is 17.7 Å². The number of rotatable bonds is 14. The number of aliphatic imine (C=N–C) groups is 1. The van der Waals surface area contributed by atoms with Crippen molar-refractivity contribution in [3.05, 3.63) is 72.1 Å². The second-order valence-electron chi connectivity index (χ2n) is 11.8. The highest BCUT2D eigenvalue weighted by molar-refractivity contribution is 5.95. The Kier molecular flexibility index (Phi) is 10.4. The van der Waals surface area contributed by atoms with Crippen LogP contribution in [0.5, 0.6) is 0 Å². The average Bonchev–Trinajstić information content (AvgIpc) is 3.81. The number of H-pyrrole nitrogens is 2. The van der Waals surface area contributed by atoms with E-state index < -0.39 is 47.9 Å². The third-order valence-electron chi connectivity index (χ3n) is 8.56. The van der Waals surface area contributed by atoms with Crippen LogP contribution in [0, 0.1) is 0 Å². The SMILES string of the molecule is NC(N)=NCCCC(NC(=O)C(N)Cc1c[nH]c2ccccc12)C(=O)NC(Cc1c[nH]c2ccccc12)C(=O)N1CCCC1C(=O)O. The zero-order valence-electron chi connectivity index (χ0n) is 25.9. The van der Waals surface area contributed by atoms with Crippen molar-refractivity contribution in [1.29, 1.82) is 0 Å². The van der Waals surface area contributed by atoms with Crippen molar-refractivity contribution in [2.24, 2.45) is 22.2 Å². The van der Waals surface area contributed by atoms with Crippen LogP contribution < -0.4 is 27.8 Å². The van der Waals surface area contributed by atoms with Crippen molar-refractivity contribution in [2.45, 2.75) is 62.7 Å². The van der Waals surface area contributed by atoms with Gasteiger partial charge in [0, 0.05) is 53.7 Å². The molecule has 1 aliphatic heterocycles. The molecule has 4 atom stereocenters. The standard InChI is InChI=1S/C33H41N9O5/c34-23(15-19-17-38-24-9-3-1-7-21(19)24)29(43)40-26(11-5-13-37-33(35)36)30(44)41-27(31(45)42-14-6-12-28(42)32(46)47)16-20-18-39-25-10-4-2-8-22(20)25/h1-4,7-10,17-18,23,26-28,38-39H,5-6,11-16,34H2,(H,40,43)(H,41,44)(H,46,47)(H4,35,36,37). The Hall–Kier alpha value is -5.37. The van der Waals surface area contributed by atoms with E-state index >= 15 is 0 Å². The number of likely N-dealkylation sites (tertiary alicyclic amines) is 1. The molecule has 2 aromatic carbocycles. The first-order chi connectivity index (χ1) is 22.6. The Balaban J connectivity index is 1.36. The van der Waals surface area contributed by atoms with Crippen molar-refractivity contribution in [3.63, 3.8) is 0 Å². The monoisotopic (exact) mass is 643 g/mol. The lowest BCUT2D eigenvalue weighted by Gasteiger charge is -2.29. The average molecular weight is 644 g/mol. The molecule has 4 unspecified atom stereocenters. The Morgan fingerprint density at radius 1 is 0.894 bits per heavy atom. The van der Waals surface area contributed by atoms with Gasteiger partial charge in [-0.25, -0.2) is 4.79 Å². The van der Waals surface area contributed by atoms with Crippen LogP contribution in [0.15, 0.2) is 65.9 Å². The summed E-state index contributed by atoms with van der Waals surface area (Å²) in [5.41, 5.74) is 20.7. The number of carboxylic acid groups (broad SMARTS) is 1. The molecule has 4 aromatic rings. The molecule has 11 N–H and O–H groups in total. The van der Waals surface area contributed by atoms with E-state index in [2.05, 4.69) is 25.6 Å². The molecule has 248 valence electrons. The van der Waals surface area contributed by atoms with Gasteiger partial charge in [-0.1, -0.05) is 36.4 Å². The summed E-state index contributed by atoms with van der Waals surface area (Å²) in [7, 11) is 0. The number of aromatic amines is 2. The van der Waals surface area contributed by atoms with Crippen LogP contribution in [0.3, 0.4) is 0 Å². The number of para-hydroxylation sites is 2. The molecule has 14 nitrogen and oxygen atoms in total. The first kappa shape index (κ1) is 33.0. The summed E-state index contributed by atoms with van der Waals surface area (Å²) in [5.74, 6) is -2.84. The lowest BCUT2D eigenvalue weighted by Crippen LogP contribution is -2.57. The number of carbonyl (C=O) groups excluding carboxylic acids is 3. The van der Waals surface area contributed by atoms with Crippen molar-refractivity contribution in [3.8, 4) is 0 Å². The topological polar surface area (TPSA) is 238 Å². The molecule has 1 saturated heterocycles. The molecule has 0 saturated carbocycles. The fourth-order valence-electron chi connectivity index (χ4n) is 6.16. The number of hydrogen-bond acceptors (Lipinski definition) is 6. The third-order valence-corrected chi connectivity index (χ3v) is 8.56. The number of nitrogens with one attached hydrogen (secondary N) is 4. The first-order valence-electron chi connectivity index (χ1n) is 15.7. The molecule has 5 rings (SSSR count). The fraction of sp³-hybridized carbons (Fsp3) is 0.364. The van der Waals surface area contributed by atoms with Gasteiger partial charge in [0.25, 0.3) is 0 Å².